The molecule has 0 aromatic heterocycles. The van der Waals surface area contributed by atoms with E-state index < -0.39 is 6.10 Å². The van der Waals surface area contributed by atoms with E-state index in [2.05, 4.69) is 93.7 Å². The second-order valence-electron chi connectivity index (χ2n) is 24.5. The highest BCUT2D eigenvalue weighted by Gasteiger charge is 2.19. The van der Waals surface area contributed by atoms with Gasteiger partial charge in [0.1, 0.15) is 13.2 Å². The molecule has 6 nitrogen and oxygen atoms in total. The monoisotopic (exact) mass is 1160 g/mol. The fraction of sp³-hybridized carbons (Fsp3) is 0.805. The SMILES string of the molecule is CC/C=C\C/C=C\C/C=C\C/C=C\C/C=C\CCCCCCCCCCCC(=O)OCC(COC(=O)CCCCCCC/C=C\CCCCCCCC)OC(=O)CCCCCCCCCCCCCCCCCCCCCCCCCCC. The average molecular weight is 1160 g/mol. The first-order valence-corrected chi connectivity index (χ1v) is 36.4. The fourth-order valence-electron chi connectivity index (χ4n) is 10.8. The first-order valence-electron chi connectivity index (χ1n) is 36.4. The first-order chi connectivity index (χ1) is 41.0. The average Bonchev–Trinajstić information content (AvgIpc) is 3.49. The van der Waals surface area contributed by atoms with Gasteiger partial charge in [0.15, 0.2) is 6.10 Å². The van der Waals surface area contributed by atoms with Crippen LogP contribution in [-0.4, -0.2) is 37.2 Å². The molecule has 0 saturated carbocycles. The normalized spacial score (nSPS) is 12.5. The van der Waals surface area contributed by atoms with Crippen LogP contribution in [0.2, 0.25) is 0 Å². The Labute approximate surface area is 516 Å². The number of unbranched alkanes of at least 4 members (excludes halogenated alkanes) is 44. The van der Waals surface area contributed by atoms with Crippen molar-refractivity contribution in [3.05, 3.63) is 72.9 Å². The van der Waals surface area contributed by atoms with E-state index in [1.54, 1.807) is 0 Å². The highest BCUT2D eigenvalue weighted by atomic mass is 16.6. The van der Waals surface area contributed by atoms with Crippen molar-refractivity contribution in [2.45, 2.75) is 386 Å². The molecule has 0 aliphatic rings. The van der Waals surface area contributed by atoms with E-state index in [0.29, 0.717) is 19.3 Å². The molecule has 482 valence electrons. The molecule has 0 aromatic carbocycles. The van der Waals surface area contributed by atoms with Crippen LogP contribution >= 0.6 is 0 Å². The van der Waals surface area contributed by atoms with Gasteiger partial charge >= 0.3 is 17.9 Å². The molecule has 0 radical (unpaired) electrons. The van der Waals surface area contributed by atoms with Crippen molar-refractivity contribution in [1.29, 1.82) is 0 Å². The van der Waals surface area contributed by atoms with Crippen molar-refractivity contribution >= 4 is 17.9 Å². The molecule has 0 aliphatic heterocycles. The molecule has 0 N–H and O–H groups in total. The topological polar surface area (TPSA) is 78.9 Å². The number of ether oxygens (including phenoxy) is 3. The minimum Gasteiger partial charge on any atom is -0.462 e. The minimum atomic E-state index is -0.782. The third-order valence-corrected chi connectivity index (χ3v) is 16.2. The molecule has 0 rings (SSSR count). The summed E-state index contributed by atoms with van der Waals surface area (Å²) in [6.07, 6.45) is 93.6. The summed E-state index contributed by atoms with van der Waals surface area (Å²) in [5.41, 5.74) is 0. The largest absolute Gasteiger partial charge is 0.462 e. The summed E-state index contributed by atoms with van der Waals surface area (Å²) in [6.45, 7) is 6.57. The van der Waals surface area contributed by atoms with Gasteiger partial charge in [-0.3, -0.25) is 14.4 Å². The molecule has 1 unspecified atom stereocenters. The Balaban J connectivity index is 4.30. The van der Waals surface area contributed by atoms with Gasteiger partial charge in [-0.25, -0.2) is 0 Å². The molecule has 83 heavy (non-hydrogen) atoms. The molecule has 0 aromatic rings. The molecule has 0 bridgehead atoms. The quantitative estimate of drug-likeness (QED) is 0.0261. The number of hydrogen-bond donors (Lipinski definition) is 0. The lowest BCUT2D eigenvalue weighted by molar-refractivity contribution is -0.167. The predicted octanol–water partition coefficient (Wildman–Crippen LogP) is 25.2. The zero-order chi connectivity index (χ0) is 59.9. The molecule has 0 spiro atoms. The van der Waals surface area contributed by atoms with Gasteiger partial charge < -0.3 is 14.2 Å². The van der Waals surface area contributed by atoms with Crippen LogP contribution in [0.3, 0.4) is 0 Å². The molecule has 0 amide bonds. The second-order valence-corrected chi connectivity index (χ2v) is 24.5. The lowest BCUT2D eigenvalue weighted by Gasteiger charge is -2.18. The van der Waals surface area contributed by atoms with Gasteiger partial charge in [-0.2, -0.15) is 0 Å². The van der Waals surface area contributed by atoms with Gasteiger partial charge in [0.25, 0.3) is 0 Å². The molecule has 0 saturated heterocycles. The van der Waals surface area contributed by atoms with Crippen LogP contribution in [0.1, 0.15) is 380 Å². The van der Waals surface area contributed by atoms with Crippen LogP contribution in [-0.2, 0) is 28.6 Å². The van der Waals surface area contributed by atoms with Crippen LogP contribution in [0.5, 0.6) is 0 Å². The third-order valence-electron chi connectivity index (χ3n) is 16.2. The van der Waals surface area contributed by atoms with E-state index in [4.69, 9.17) is 14.2 Å². The summed E-state index contributed by atoms with van der Waals surface area (Å²) in [4.78, 5) is 38.5. The molecule has 0 fully saturated rings. The van der Waals surface area contributed by atoms with Crippen molar-refractivity contribution < 1.29 is 28.6 Å². The number of hydrogen-bond acceptors (Lipinski definition) is 6. The number of carbonyl (C=O) groups is 3. The zero-order valence-corrected chi connectivity index (χ0v) is 55.5. The van der Waals surface area contributed by atoms with Crippen molar-refractivity contribution in [3.63, 3.8) is 0 Å². The second kappa shape index (κ2) is 71.3. The van der Waals surface area contributed by atoms with Gasteiger partial charge in [0.05, 0.1) is 0 Å². The van der Waals surface area contributed by atoms with Crippen LogP contribution in [0.4, 0.5) is 0 Å². The van der Waals surface area contributed by atoms with Gasteiger partial charge in [-0.05, 0) is 89.9 Å². The Bertz CT molecular complexity index is 1520. The number of esters is 3. The highest BCUT2D eigenvalue weighted by molar-refractivity contribution is 5.71. The molecular weight excluding hydrogens is 1020 g/mol. The number of rotatable bonds is 67. The Morgan fingerprint density at radius 1 is 0.253 bits per heavy atom. The van der Waals surface area contributed by atoms with Crippen LogP contribution in [0, 0.1) is 0 Å². The molecule has 0 aliphatic carbocycles. The van der Waals surface area contributed by atoms with Gasteiger partial charge in [0, 0.05) is 19.3 Å². The molecule has 1 atom stereocenters. The Morgan fingerprint density at radius 2 is 0.470 bits per heavy atom. The maximum Gasteiger partial charge on any atom is 0.306 e. The first kappa shape index (κ1) is 79.8. The summed E-state index contributed by atoms with van der Waals surface area (Å²) < 4.78 is 17.0. The zero-order valence-electron chi connectivity index (χ0n) is 55.5. The Morgan fingerprint density at radius 3 is 0.747 bits per heavy atom. The summed E-state index contributed by atoms with van der Waals surface area (Å²) in [5, 5.41) is 0. The lowest BCUT2D eigenvalue weighted by atomic mass is 10.0. The van der Waals surface area contributed by atoms with E-state index >= 15 is 0 Å². The van der Waals surface area contributed by atoms with Gasteiger partial charge in [-0.1, -0.05) is 344 Å². The molecular formula is C77H138O6. The van der Waals surface area contributed by atoms with Crippen molar-refractivity contribution in [2.24, 2.45) is 0 Å². The van der Waals surface area contributed by atoms with E-state index in [0.717, 1.165) is 103 Å². The highest BCUT2D eigenvalue weighted by Crippen LogP contribution is 2.18. The van der Waals surface area contributed by atoms with Gasteiger partial charge in [-0.15, -0.1) is 0 Å². The van der Waals surface area contributed by atoms with Gasteiger partial charge in [0.2, 0.25) is 0 Å². The third kappa shape index (κ3) is 69.5. The standard InChI is InChI=1S/C77H138O6/c1-4-7-10-13-16-19-22-25-28-30-32-34-36-38-40-42-44-46-49-52-55-58-61-64-67-70-76(79)82-73-74(72-81-75(78)69-66-63-60-57-54-51-48-27-24-21-18-15-12-9-6-3)83-77(80)71-68-65-62-59-56-53-50-47-45-43-41-39-37-35-33-31-29-26-23-20-17-14-11-8-5-2/h7,10,16,19,25,27-28,32,34,38,40,48,74H,4-6,8-9,11-15,17-18,20-24,26,29-31,33,35-37,39,41-47,49-73H2,1-3H3/b10-7-,19-16-,28-25-,34-32-,40-38-,48-27-. The smallest absolute Gasteiger partial charge is 0.306 e. The summed E-state index contributed by atoms with van der Waals surface area (Å²) in [5.74, 6) is -0.867. The number of allylic oxidation sites excluding steroid dienone is 12. The van der Waals surface area contributed by atoms with E-state index in [1.807, 2.05) is 0 Å². The van der Waals surface area contributed by atoms with Crippen molar-refractivity contribution in [2.75, 3.05) is 13.2 Å². The minimum absolute atomic E-state index is 0.0776. The van der Waals surface area contributed by atoms with E-state index in [-0.39, 0.29) is 31.1 Å². The Hall–Kier alpha value is -3.15. The molecule has 6 heteroatoms. The predicted molar refractivity (Wildman–Crippen MR) is 362 cm³/mol. The summed E-state index contributed by atoms with van der Waals surface area (Å²) in [7, 11) is 0. The van der Waals surface area contributed by atoms with Crippen LogP contribution in [0.25, 0.3) is 0 Å². The summed E-state index contributed by atoms with van der Waals surface area (Å²) in [6, 6.07) is 0. The molecule has 0 heterocycles. The van der Waals surface area contributed by atoms with Crippen LogP contribution < -0.4 is 0 Å². The van der Waals surface area contributed by atoms with E-state index in [9.17, 15) is 14.4 Å². The number of carbonyl (C=O) groups excluding carboxylic acids is 3. The van der Waals surface area contributed by atoms with Crippen molar-refractivity contribution in [1.82, 2.24) is 0 Å². The van der Waals surface area contributed by atoms with E-state index in [1.165, 1.54) is 238 Å². The fourth-order valence-corrected chi connectivity index (χ4v) is 10.8. The van der Waals surface area contributed by atoms with Crippen LogP contribution in [0.15, 0.2) is 72.9 Å². The summed E-state index contributed by atoms with van der Waals surface area (Å²) >= 11 is 0. The Kier molecular flexibility index (Phi) is 68.6. The lowest BCUT2D eigenvalue weighted by Crippen LogP contribution is -2.30. The maximum atomic E-state index is 13.0. The van der Waals surface area contributed by atoms with Crippen molar-refractivity contribution in [3.8, 4) is 0 Å². The maximum absolute atomic E-state index is 13.0.